The number of hydrogen-bond donors (Lipinski definition) is 3. The Morgan fingerprint density at radius 1 is 1.32 bits per heavy atom. The monoisotopic (exact) mass is 260 g/mol. The van der Waals surface area contributed by atoms with E-state index in [1.165, 1.54) is 30.5 Å². The van der Waals surface area contributed by atoms with Crippen LogP contribution in [0.3, 0.4) is 0 Å². The van der Waals surface area contributed by atoms with Crippen LogP contribution in [0.25, 0.3) is 11.0 Å². The van der Waals surface area contributed by atoms with Gasteiger partial charge in [0.15, 0.2) is 5.65 Å². The lowest BCUT2D eigenvalue weighted by molar-refractivity contribution is 0.628. The van der Waals surface area contributed by atoms with Crippen LogP contribution in [0.2, 0.25) is 0 Å². The summed E-state index contributed by atoms with van der Waals surface area (Å²) in [6.07, 6.45) is 1.36. The molecule has 3 aromatic rings. The maximum Gasteiger partial charge on any atom is 0.284 e. The normalized spacial score (nSPS) is 10.8. The van der Waals surface area contributed by atoms with E-state index in [0.29, 0.717) is 16.7 Å². The van der Waals surface area contributed by atoms with E-state index in [1.54, 1.807) is 0 Å². The molecule has 2 heterocycles. The van der Waals surface area contributed by atoms with Crippen molar-refractivity contribution in [3.63, 3.8) is 0 Å². The Labute approximate surface area is 105 Å². The second kappa shape index (κ2) is 4.09. The van der Waals surface area contributed by atoms with Crippen molar-refractivity contribution in [2.45, 2.75) is 0 Å². The van der Waals surface area contributed by atoms with Crippen molar-refractivity contribution in [3.05, 3.63) is 46.6 Å². The number of benzene rings is 1. The van der Waals surface area contributed by atoms with E-state index in [2.05, 4.69) is 20.5 Å². The summed E-state index contributed by atoms with van der Waals surface area (Å²) in [4.78, 5) is 16.0. The maximum atomic E-state index is 12.8. The highest BCUT2D eigenvalue weighted by Gasteiger charge is 2.10. The van der Waals surface area contributed by atoms with Gasteiger partial charge in [0, 0.05) is 5.69 Å². The first-order valence-corrected chi connectivity index (χ1v) is 5.39. The number of aromatic amines is 1. The molecule has 0 fully saturated rings. The third kappa shape index (κ3) is 1.88. The molecule has 0 aliphatic heterocycles. The van der Waals surface area contributed by atoms with Gasteiger partial charge >= 0.3 is 0 Å². The van der Waals surface area contributed by atoms with E-state index >= 15 is 0 Å². The number of hydrogen-bond acceptors (Lipinski definition) is 5. The molecule has 0 spiro atoms. The zero-order valence-corrected chi connectivity index (χ0v) is 9.59. The highest BCUT2D eigenvalue weighted by atomic mass is 19.1. The molecular formula is C11H9FN6O. The van der Waals surface area contributed by atoms with Gasteiger partial charge in [-0.3, -0.25) is 9.89 Å². The Bertz CT molecular complexity index is 791. The summed E-state index contributed by atoms with van der Waals surface area (Å²) in [7, 11) is 0. The van der Waals surface area contributed by atoms with Gasteiger partial charge in [0.2, 0.25) is 5.95 Å². The molecule has 8 heteroatoms. The van der Waals surface area contributed by atoms with Crippen LogP contribution < -0.4 is 16.7 Å². The highest BCUT2D eigenvalue weighted by Crippen LogP contribution is 2.14. The second-order valence-corrected chi connectivity index (χ2v) is 3.87. The van der Waals surface area contributed by atoms with Gasteiger partial charge in [-0.25, -0.2) is 4.39 Å². The Kier molecular flexibility index (Phi) is 2.41. The largest absolute Gasteiger partial charge is 0.333 e. The zero-order valence-electron chi connectivity index (χ0n) is 9.59. The molecule has 0 aliphatic rings. The van der Waals surface area contributed by atoms with Crippen LogP contribution in [0.1, 0.15) is 0 Å². The molecule has 7 nitrogen and oxygen atoms in total. The highest BCUT2D eigenvalue weighted by molar-refractivity contribution is 5.74. The lowest BCUT2D eigenvalue weighted by atomic mass is 10.3. The number of halogens is 1. The van der Waals surface area contributed by atoms with Crippen LogP contribution in [0.5, 0.6) is 0 Å². The molecular weight excluding hydrogens is 251 g/mol. The number of nitrogens with two attached hydrogens (primary N) is 1. The van der Waals surface area contributed by atoms with E-state index in [1.807, 2.05) is 0 Å². The van der Waals surface area contributed by atoms with Crippen molar-refractivity contribution in [2.75, 3.05) is 11.2 Å². The van der Waals surface area contributed by atoms with Crippen molar-refractivity contribution in [2.24, 2.45) is 0 Å². The van der Waals surface area contributed by atoms with Crippen LogP contribution in [-0.2, 0) is 0 Å². The maximum absolute atomic E-state index is 12.8. The minimum absolute atomic E-state index is 0.133. The average Bonchev–Trinajstić information content (AvgIpc) is 2.86. The van der Waals surface area contributed by atoms with Crippen LogP contribution >= 0.6 is 0 Å². The third-order valence-electron chi connectivity index (χ3n) is 2.61. The zero-order chi connectivity index (χ0) is 13.4. The Hall–Kier alpha value is -2.90. The summed E-state index contributed by atoms with van der Waals surface area (Å²) in [5.74, 6) is 5.43. The summed E-state index contributed by atoms with van der Waals surface area (Å²) in [5.41, 5.74) is 0.464. The molecule has 0 aliphatic carbocycles. The summed E-state index contributed by atoms with van der Waals surface area (Å²) in [6.45, 7) is 0. The first kappa shape index (κ1) is 11.2. The molecule has 0 unspecified atom stereocenters. The predicted octanol–water partition coefficient (Wildman–Crippen LogP) is 0.716. The molecule has 19 heavy (non-hydrogen) atoms. The van der Waals surface area contributed by atoms with Crippen molar-refractivity contribution >= 4 is 22.7 Å². The lowest BCUT2D eigenvalue weighted by Gasteiger charge is -2.09. The molecule has 1 aromatic carbocycles. The van der Waals surface area contributed by atoms with Crippen LogP contribution in [0.4, 0.5) is 16.0 Å². The summed E-state index contributed by atoms with van der Waals surface area (Å²) in [5, 5.41) is 9.46. The SMILES string of the molecule is Nn1c(Nc2ccc(F)cc2)nc2[nH]ncc2c1=O. The van der Waals surface area contributed by atoms with Crippen molar-refractivity contribution in [3.8, 4) is 0 Å². The third-order valence-corrected chi connectivity index (χ3v) is 2.61. The molecule has 0 radical (unpaired) electrons. The van der Waals surface area contributed by atoms with Crippen molar-refractivity contribution in [1.29, 1.82) is 0 Å². The molecule has 2 aromatic heterocycles. The number of nitrogens with zero attached hydrogens (tertiary/aromatic N) is 3. The smallest absolute Gasteiger partial charge is 0.284 e. The van der Waals surface area contributed by atoms with Gasteiger partial charge in [-0.2, -0.15) is 14.8 Å². The topological polar surface area (TPSA) is 102 Å². The van der Waals surface area contributed by atoms with Crippen LogP contribution in [-0.4, -0.2) is 19.9 Å². The van der Waals surface area contributed by atoms with E-state index in [0.717, 1.165) is 4.68 Å². The summed E-state index contributed by atoms with van der Waals surface area (Å²) < 4.78 is 13.7. The molecule has 0 amide bonds. The fourth-order valence-corrected chi connectivity index (χ4v) is 1.66. The Balaban J connectivity index is 2.07. The molecule has 0 saturated carbocycles. The van der Waals surface area contributed by atoms with Gasteiger partial charge in [0.25, 0.3) is 5.56 Å². The summed E-state index contributed by atoms with van der Waals surface area (Å²) in [6, 6.07) is 5.60. The van der Waals surface area contributed by atoms with E-state index in [4.69, 9.17) is 5.84 Å². The first-order chi connectivity index (χ1) is 9.15. The van der Waals surface area contributed by atoms with E-state index < -0.39 is 5.56 Å². The van der Waals surface area contributed by atoms with E-state index in [9.17, 15) is 9.18 Å². The number of anilines is 2. The van der Waals surface area contributed by atoms with Gasteiger partial charge in [-0.05, 0) is 24.3 Å². The number of fused-ring (bicyclic) bond motifs is 1. The number of aromatic nitrogens is 4. The predicted molar refractivity (Wildman–Crippen MR) is 68.0 cm³/mol. The van der Waals surface area contributed by atoms with Gasteiger partial charge in [-0.15, -0.1) is 0 Å². The molecule has 3 rings (SSSR count). The van der Waals surface area contributed by atoms with Crippen molar-refractivity contribution < 1.29 is 4.39 Å². The molecule has 96 valence electrons. The van der Waals surface area contributed by atoms with Crippen molar-refractivity contribution in [1.82, 2.24) is 19.9 Å². The van der Waals surface area contributed by atoms with Gasteiger partial charge in [0.05, 0.1) is 6.20 Å². The molecule has 4 N–H and O–H groups in total. The Morgan fingerprint density at radius 3 is 2.79 bits per heavy atom. The fraction of sp³-hybridized carbons (Fsp3) is 0. The first-order valence-electron chi connectivity index (χ1n) is 5.39. The standard InChI is InChI=1S/C11H9FN6O/c12-6-1-3-7(4-2-6)15-11-16-9-8(5-14-17-9)10(19)18(11)13/h1-5H,13H2,(H2,14,15,16,17). The minimum atomic E-state index is -0.427. The molecule has 0 bridgehead atoms. The minimum Gasteiger partial charge on any atom is -0.333 e. The number of rotatable bonds is 2. The number of nitrogen functional groups attached to an aromatic ring is 1. The number of nitrogens with one attached hydrogen (secondary N) is 2. The second-order valence-electron chi connectivity index (χ2n) is 3.87. The molecule has 0 atom stereocenters. The quantitative estimate of drug-likeness (QED) is 0.589. The Morgan fingerprint density at radius 2 is 2.05 bits per heavy atom. The average molecular weight is 260 g/mol. The fourth-order valence-electron chi connectivity index (χ4n) is 1.66. The summed E-state index contributed by atoms with van der Waals surface area (Å²) >= 11 is 0. The van der Waals surface area contributed by atoms with E-state index in [-0.39, 0.29) is 11.8 Å². The number of H-pyrrole nitrogens is 1. The van der Waals surface area contributed by atoms with Gasteiger partial charge in [-0.1, -0.05) is 0 Å². The van der Waals surface area contributed by atoms with Gasteiger partial charge in [0.1, 0.15) is 11.2 Å². The van der Waals surface area contributed by atoms with Crippen LogP contribution in [0.15, 0.2) is 35.3 Å². The molecule has 0 saturated heterocycles. The van der Waals surface area contributed by atoms with Crippen LogP contribution in [0, 0.1) is 5.82 Å². The lowest BCUT2D eigenvalue weighted by Crippen LogP contribution is -2.30. The van der Waals surface area contributed by atoms with Gasteiger partial charge < -0.3 is 11.2 Å².